The molecule has 0 bridgehead atoms. The van der Waals surface area contributed by atoms with Crippen molar-refractivity contribution in [1.29, 1.82) is 0 Å². The first-order valence-corrected chi connectivity index (χ1v) is 22.2. The Hall–Kier alpha value is -2.74. The molecule has 0 heterocycles. The molecule has 0 aliphatic heterocycles. The molecule has 8 aliphatic carbocycles. The fraction of sp³-hybridized carbons (Fsp3) is 0.640. The third-order valence-corrected chi connectivity index (χ3v) is 15.5. The van der Waals surface area contributed by atoms with Crippen molar-refractivity contribution >= 4 is 0 Å². The second-order valence-electron chi connectivity index (χ2n) is 18.4. The van der Waals surface area contributed by atoms with Gasteiger partial charge in [-0.15, -0.1) is 0 Å². The minimum absolute atomic E-state index is 0.592. The SMILES string of the molecule is C=C/C=C(\CC1CC=C(NC2CC=CCC2)CC1)C1CCC2CCC3=C(C4=CCC5CC(NC(=C)CC/C=C\C)CCC5=C4)CCC4CCC1[C@@H]2C34. The Morgan fingerprint density at radius 3 is 2.60 bits per heavy atom. The predicted molar refractivity (Wildman–Crippen MR) is 221 cm³/mol. The van der Waals surface area contributed by atoms with Crippen molar-refractivity contribution in [3.05, 3.63) is 107 Å². The van der Waals surface area contributed by atoms with E-state index in [1.165, 1.54) is 133 Å². The van der Waals surface area contributed by atoms with Gasteiger partial charge < -0.3 is 10.6 Å². The first-order chi connectivity index (χ1) is 25.6. The fourth-order valence-electron chi connectivity index (χ4n) is 13.1. The van der Waals surface area contributed by atoms with E-state index in [1.54, 1.807) is 16.7 Å². The molecule has 8 rings (SSSR count). The van der Waals surface area contributed by atoms with Crippen LogP contribution in [0.5, 0.6) is 0 Å². The van der Waals surface area contributed by atoms with Crippen LogP contribution in [-0.2, 0) is 0 Å². The Bertz CT molecular complexity index is 1540. The smallest absolute Gasteiger partial charge is 0.0295 e. The molecule has 0 aromatic heterocycles. The quantitative estimate of drug-likeness (QED) is 0.157. The van der Waals surface area contributed by atoms with E-state index in [4.69, 9.17) is 0 Å². The van der Waals surface area contributed by atoms with Crippen LogP contribution in [0.15, 0.2) is 107 Å². The minimum Gasteiger partial charge on any atom is -0.386 e. The normalized spacial score (nSPS) is 37.3. The molecule has 2 heteroatoms. The molecule has 0 spiro atoms. The van der Waals surface area contributed by atoms with Gasteiger partial charge in [-0.2, -0.15) is 0 Å². The first-order valence-electron chi connectivity index (χ1n) is 22.2. The molecular formula is C50H70N2. The average Bonchev–Trinajstić information content (AvgIpc) is 3.17. The Morgan fingerprint density at radius 1 is 0.865 bits per heavy atom. The molecule has 10 atom stereocenters. The van der Waals surface area contributed by atoms with Gasteiger partial charge in [0.05, 0.1) is 0 Å². The summed E-state index contributed by atoms with van der Waals surface area (Å²) in [6.07, 6.45) is 49.2. The van der Waals surface area contributed by atoms with Gasteiger partial charge in [-0.25, -0.2) is 0 Å². The highest BCUT2D eigenvalue weighted by atomic mass is 14.9. The maximum atomic E-state index is 4.36. The molecule has 8 aliphatic rings. The number of hydrogen-bond acceptors (Lipinski definition) is 2. The average molecular weight is 699 g/mol. The van der Waals surface area contributed by atoms with E-state index >= 15 is 0 Å². The number of fused-ring (bicyclic) bond motifs is 1. The van der Waals surface area contributed by atoms with Crippen LogP contribution in [0.1, 0.15) is 142 Å². The van der Waals surface area contributed by atoms with Gasteiger partial charge in [0, 0.05) is 23.5 Å². The van der Waals surface area contributed by atoms with Gasteiger partial charge in [-0.3, -0.25) is 0 Å². The Balaban J connectivity index is 0.939. The van der Waals surface area contributed by atoms with Crippen molar-refractivity contribution < 1.29 is 0 Å². The summed E-state index contributed by atoms with van der Waals surface area (Å²) < 4.78 is 0. The van der Waals surface area contributed by atoms with E-state index in [-0.39, 0.29) is 0 Å². The predicted octanol–water partition coefficient (Wildman–Crippen LogP) is 12.9. The third-order valence-electron chi connectivity index (χ3n) is 15.5. The summed E-state index contributed by atoms with van der Waals surface area (Å²) in [5.41, 5.74) is 11.7. The van der Waals surface area contributed by atoms with Crippen LogP contribution >= 0.6 is 0 Å². The van der Waals surface area contributed by atoms with Gasteiger partial charge in [0.1, 0.15) is 0 Å². The molecule has 9 unspecified atom stereocenters. The maximum absolute atomic E-state index is 4.36. The summed E-state index contributed by atoms with van der Waals surface area (Å²) in [5, 5.41) is 7.73. The van der Waals surface area contributed by atoms with Crippen LogP contribution in [0, 0.1) is 47.3 Å². The lowest BCUT2D eigenvalue weighted by molar-refractivity contribution is -0.0254. The molecule has 4 saturated carbocycles. The van der Waals surface area contributed by atoms with Gasteiger partial charge in [0.25, 0.3) is 0 Å². The van der Waals surface area contributed by atoms with Crippen LogP contribution in [0.3, 0.4) is 0 Å². The highest BCUT2D eigenvalue weighted by molar-refractivity contribution is 5.49. The number of rotatable bonds is 12. The van der Waals surface area contributed by atoms with Crippen LogP contribution in [0.4, 0.5) is 0 Å². The first kappa shape index (κ1) is 36.2. The van der Waals surface area contributed by atoms with E-state index in [0.29, 0.717) is 12.1 Å². The van der Waals surface area contributed by atoms with Gasteiger partial charge in [-0.1, -0.05) is 84.6 Å². The highest BCUT2D eigenvalue weighted by Crippen LogP contribution is 2.62. The number of hydrogen-bond donors (Lipinski definition) is 2. The van der Waals surface area contributed by atoms with Crippen molar-refractivity contribution in [3.63, 3.8) is 0 Å². The minimum atomic E-state index is 0.592. The summed E-state index contributed by atoms with van der Waals surface area (Å²) in [4.78, 5) is 0. The molecule has 4 fully saturated rings. The van der Waals surface area contributed by atoms with Crippen molar-refractivity contribution in [1.82, 2.24) is 10.6 Å². The van der Waals surface area contributed by atoms with Gasteiger partial charge in [0.15, 0.2) is 0 Å². The van der Waals surface area contributed by atoms with Crippen LogP contribution < -0.4 is 10.6 Å². The standard InChI is InChI=1S/C50H70N2/c1-4-6-8-12-34(3)51-44-26-19-38-32-41(18-17-39(38)33-44)46-28-21-37-22-29-47-45(27-20-36-23-30-48(46)50(37)49(36)47)40(11-5-2)31-35-15-24-43(25-16-35)52-42-13-9-7-10-14-42/h4-7,9,11,18,24,32,35-37,39,42,44-45,47,49-52H,2-3,8,10,12-17,19-23,25-31,33H2,1H3/b6-4-,40-11+/t35?,36?,37?,39?,42?,44?,45?,47?,49-,50?/m1/s1. The molecule has 0 amide bonds. The van der Waals surface area contributed by atoms with Gasteiger partial charge >= 0.3 is 0 Å². The monoisotopic (exact) mass is 699 g/mol. The summed E-state index contributed by atoms with van der Waals surface area (Å²) in [6, 6.07) is 1.24. The number of allylic oxidation sites excluding steroid dienone is 15. The van der Waals surface area contributed by atoms with Crippen molar-refractivity contribution in [2.45, 2.75) is 154 Å². The molecular weight excluding hydrogens is 629 g/mol. The molecule has 52 heavy (non-hydrogen) atoms. The van der Waals surface area contributed by atoms with Crippen molar-refractivity contribution in [2.75, 3.05) is 0 Å². The lowest BCUT2D eigenvalue weighted by Gasteiger charge is -2.58. The zero-order valence-corrected chi connectivity index (χ0v) is 32.7. The maximum Gasteiger partial charge on any atom is 0.0295 e. The van der Waals surface area contributed by atoms with Crippen LogP contribution in [0.2, 0.25) is 0 Å². The van der Waals surface area contributed by atoms with E-state index in [0.717, 1.165) is 60.2 Å². The topological polar surface area (TPSA) is 24.1 Å². The van der Waals surface area contributed by atoms with Crippen molar-refractivity contribution in [2.24, 2.45) is 47.3 Å². The third kappa shape index (κ3) is 7.88. The van der Waals surface area contributed by atoms with Crippen LogP contribution in [-0.4, -0.2) is 12.1 Å². The van der Waals surface area contributed by atoms with Gasteiger partial charge in [-0.05, 0) is 200 Å². The fourth-order valence-corrected chi connectivity index (χ4v) is 13.1. The molecule has 2 N–H and O–H groups in total. The van der Waals surface area contributed by atoms with E-state index in [2.05, 4.69) is 85.4 Å². The largest absolute Gasteiger partial charge is 0.386 e. The summed E-state index contributed by atoms with van der Waals surface area (Å²) in [6.45, 7) is 10.7. The lowest BCUT2D eigenvalue weighted by Crippen LogP contribution is -2.49. The molecule has 280 valence electrons. The Labute approximate surface area is 317 Å². The van der Waals surface area contributed by atoms with E-state index in [9.17, 15) is 0 Å². The lowest BCUT2D eigenvalue weighted by atomic mass is 9.47. The molecule has 0 aromatic rings. The number of nitrogens with one attached hydrogen (secondary N) is 2. The second kappa shape index (κ2) is 16.7. The molecule has 0 saturated heterocycles. The van der Waals surface area contributed by atoms with Gasteiger partial charge in [0.2, 0.25) is 0 Å². The highest BCUT2D eigenvalue weighted by Gasteiger charge is 2.53. The second-order valence-corrected chi connectivity index (χ2v) is 18.4. The summed E-state index contributed by atoms with van der Waals surface area (Å²) in [5.74, 6) is 6.86. The van der Waals surface area contributed by atoms with Crippen molar-refractivity contribution in [3.8, 4) is 0 Å². The zero-order chi connectivity index (χ0) is 35.4. The Kier molecular flexibility index (Phi) is 11.7. The van der Waals surface area contributed by atoms with E-state index in [1.807, 2.05) is 11.1 Å². The molecule has 0 aromatic carbocycles. The molecule has 0 radical (unpaired) electrons. The van der Waals surface area contributed by atoms with Crippen LogP contribution in [0.25, 0.3) is 0 Å². The Morgan fingerprint density at radius 2 is 1.77 bits per heavy atom. The summed E-state index contributed by atoms with van der Waals surface area (Å²) >= 11 is 0. The van der Waals surface area contributed by atoms with E-state index < -0.39 is 0 Å². The molecule has 2 nitrogen and oxygen atoms in total. The zero-order valence-electron chi connectivity index (χ0n) is 32.7. The summed E-state index contributed by atoms with van der Waals surface area (Å²) in [7, 11) is 0.